The van der Waals surface area contributed by atoms with Crippen LogP contribution in [0.5, 0.6) is 0 Å². The third-order valence-electron chi connectivity index (χ3n) is 3.54. The minimum atomic E-state index is -3.63. The Morgan fingerprint density at radius 3 is 2.84 bits per heavy atom. The summed E-state index contributed by atoms with van der Waals surface area (Å²) in [7, 11) is -1.86. The predicted octanol–water partition coefficient (Wildman–Crippen LogP) is 1.66. The number of sulfonamides is 1. The van der Waals surface area contributed by atoms with Crippen LogP contribution in [0.25, 0.3) is 11.0 Å². The highest BCUT2D eigenvalue weighted by molar-refractivity contribution is 7.92. The summed E-state index contributed by atoms with van der Waals surface area (Å²) >= 11 is 0. The van der Waals surface area contributed by atoms with Crippen molar-refractivity contribution in [3.63, 3.8) is 0 Å². The van der Waals surface area contributed by atoms with Crippen molar-refractivity contribution in [2.24, 2.45) is 7.05 Å². The third-order valence-corrected chi connectivity index (χ3v) is 4.83. The highest BCUT2D eigenvalue weighted by Gasteiger charge is 2.13. The summed E-state index contributed by atoms with van der Waals surface area (Å²) in [5.41, 5.74) is 1.17. The molecular formula is C15H17FN6O2S. The Balaban J connectivity index is 1.64. The molecule has 3 aromatic rings. The molecule has 25 heavy (non-hydrogen) atoms. The first kappa shape index (κ1) is 17.1. The topological polar surface area (TPSA) is 102 Å². The molecule has 0 radical (unpaired) electrons. The molecule has 2 heterocycles. The zero-order chi connectivity index (χ0) is 18.0. The maximum Gasteiger partial charge on any atom is 0.234 e. The molecule has 0 aliphatic rings. The van der Waals surface area contributed by atoms with Crippen LogP contribution in [0.4, 0.5) is 15.9 Å². The Morgan fingerprint density at radius 2 is 2.08 bits per heavy atom. The highest BCUT2D eigenvalue weighted by atomic mass is 32.2. The smallest absolute Gasteiger partial charge is 0.234 e. The van der Waals surface area contributed by atoms with Crippen molar-refractivity contribution >= 4 is 32.6 Å². The number of rotatable bonds is 6. The maximum absolute atomic E-state index is 13.5. The average Bonchev–Trinajstić information content (AvgIpc) is 2.91. The SMILES string of the molecule is Cc1ccc(NS(=O)(=O)CCNc2ncnc3nn(C)cc23)cc1F. The molecule has 0 bridgehead atoms. The zero-order valence-corrected chi connectivity index (χ0v) is 14.5. The molecule has 0 aliphatic carbocycles. The van der Waals surface area contributed by atoms with Crippen molar-refractivity contribution in [3.8, 4) is 0 Å². The molecule has 0 unspecified atom stereocenters. The van der Waals surface area contributed by atoms with E-state index in [-0.39, 0.29) is 18.0 Å². The second-order valence-electron chi connectivity index (χ2n) is 5.57. The molecule has 0 fully saturated rings. The van der Waals surface area contributed by atoms with Gasteiger partial charge < -0.3 is 5.32 Å². The summed E-state index contributed by atoms with van der Waals surface area (Å²) in [4.78, 5) is 8.15. The van der Waals surface area contributed by atoms with Crippen LogP contribution in [0, 0.1) is 12.7 Å². The maximum atomic E-state index is 13.5. The number of nitrogens with one attached hydrogen (secondary N) is 2. The largest absolute Gasteiger partial charge is 0.368 e. The average molecular weight is 364 g/mol. The number of fused-ring (bicyclic) bond motifs is 1. The normalized spacial score (nSPS) is 11.6. The van der Waals surface area contributed by atoms with Gasteiger partial charge in [0.2, 0.25) is 10.0 Å². The fourth-order valence-corrected chi connectivity index (χ4v) is 3.24. The second kappa shape index (κ2) is 6.63. The van der Waals surface area contributed by atoms with Crippen LogP contribution in [0.2, 0.25) is 0 Å². The first-order valence-corrected chi connectivity index (χ1v) is 9.14. The molecular weight excluding hydrogens is 347 g/mol. The second-order valence-corrected chi connectivity index (χ2v) is 7.42. The molecule has 10 heteroatoms. The van der Waals surface area contributed by atoms with E-state index >= 15 is 0 Å². The first-order valence-electron chi connectivity index (χ1n) is 7.49. The molecule has 0 saturated heterocycles. The summed E-state index contributed by atoms with van der Waals surface area (Å²) in [5, 5.41) is 7.83. The Bertz CT molecular complexity index is 1020. The van der Waals surface area contributed by atoms with E-state index < -0.39 is 15.8 Å². The lowest BCUT2D eigenvalue weighted by atomic mass is 10.2. The van der Waals surface area contributed by atoms with Crippen molar-refractivity contribution < 1.29 is 12.8 Å². The van der Waals surface area contributed by atoms with Gasteiger partial charge in [-0.2, -0.15) is 5.10 Å². The lowest BCUT2D eigenvalue weighted by Gasteiger charge is -2.10. The fourth-order valence-electron chi connectivity index (χ4n) is 2.28. The number of nitrogens with zero attached hydrogens (tertiary/aromatic N) is 4. The van der Waals surface area contributed by atoms with Crippen molar-refractivity contribution in [1.82, 2.24) is 19.7 Å². The molecule has 8 nitrogen and oxygen atoms in total. The lowest BCUT2D eigenvalue weighted by Crippen LogP contribution is -2.22. The van der Waals surface area contributed by atoms with Crippen molar-refractivity contribution in [3.05, 3.63) is 42.1 Å². The molecule has 0 aliphatic heterocycles. The minimum Gasteiger partial charge on any atom is -0.368 e. The number of halogens is 1. The van der Waals surface area contributed by atoms with Gasteiger partial charge in [-0.15, -0.1) is 0 Å². The summed E-state index contributed by atoms with van der Waals surface area (Å²) in [6, 6.07) is 4.20. The highest BCUT2D eigenvalue weighted by Crippen LogP contribution is 2.17. The lowest BCUT2D eigenvalue weighted by molar-refractivity contribution is 0.601. The Morgan fingerprint density at radius 1 is 1.28 bits per heavy atom. The van der Waals surface area contributed by atoms with E-state index in [1.807, 2.05) is 0 Å². The van der Waals surface area contributed by atoms with Gasteiger partial charge in [-0.05, 0) is 24.6 Å². The predicted molar refractivity (Wildman–Crippen MR) is 93.3 cm³/mol. The number of hydrogen-bond acceptors (Lipinski definition) is 6. The van der Waals surface area contributed by atoms with Gasteiger partial charge in [-0.3, -0.25) is 9.40 Å². The van der Waals surface area contributed by atoms with E-state index in [9.17, 15) is 12.8 Å². The molecule has 0 spiro atoms. The quantitative estimate of drug-likeness (QED) is 0.690. The van der Waals surface area contributed by atoms with Gasteiger partial charge in [0.25, 0.3) is 0 Å². The van der Waals surface area contributed by atoms with E-state index in [1.165, 1.54) is 18.5 Å². The molecule has 132 valence electrons. The van der Waals surface area contributed by atoms with Crippen molar-refractivity contribution in [2.75, 3.05) is 22.3 Å². The molecule has 1 aromatic carbocycles. The number of benzene rings is 1. The molecule has 0 saturated carbocycles. The van der Waals surface area contributed by atoms with Crippen LogP contribution in [0.3, 0.4) is 0 Å². The number of anilines is 2. The summed E-state index contributed by atoms with van der Waals surface area (Å²) in [6.07, 6.45) is 3.11. The van der Waals surface area contributed by atoms with Crippen LogP contribution in [-0.4, -0.2) is 40.5 Å². The van der Waals surface area contributed by atoms with E-state index in [4.69, 9.17) is 0 Å². The molecule has 2 N–H and O–H groups in total. The van der Waals surface area contributed by atoms with Crippen molar-refractivity contribution in [1.29, 1.82) is 0 Å². The molecule has 2 aromatic heterocycles. The summed E-state index contributed by atoms with van der Waals surface area (Å²) < 4.78 is 41.7. The van der Waals surface area contributed by atoms with E-state index in [2.05, 4.69) is 25.1 Å². The minimum absolute atomic E-state index is 0.130. The van der Waals surface area contributed by atoms with Gasteiger partial charge in [0.15, 0.2) is 5.65 Å². The van der Waals surface area contributed by atoms with Crippen LogP contribution in [-0.2, 0) is 17.1 Å². The fraction of sp³-hybridized carbons (Fsp3) is 0.267. The number of aryl methyl sites for hydroxylation is 2. The van der Waals surface area contributed by atoms with Crippen LogP contribution in [0.1, 0.15) is 5.56 Å². The van der Waals surface area contributed by atoms with E-state index in [0.29, 0.717) is 22.4 Å². The van der Waals surface area contributed by atoms with Gasteiger partial charge >= 0.3 is 0 Å². The Kier molecular flexibility index (Phi) is 4.53. The standard InChI is InChI=1S/C15H17FN6O2S/c1-10-3-4-11(7-13(10)16)21-25(23,24)6-5-17-14-12-8-22(2)20-15(12)19-9-18-14/h3-4,7-9,21H,5-6H2,1-2H3,(H,17,18,19,20). The number of aromatic nitrogens is 4. The third kappa shape index (κ3) is 4.02. The van der Waals surface area contributed by atoms with Gasteiger partial charge in [0, 0.05) is 19.8 Å². The Hall–Kier alpha value is -2.75. The summed E-state index contributed by atoms with van der Waals surface area (Å²) in [6.45, 7) is 1.74. The van der Waals surface area contributed by atoms with Gasteiger partial charge in [-0.1, -0.05) is 6.07 Å². The summed E-state index contributed by atoms with van der Waals surface area (Å²) in [5.74, 6) is -0.151. The van der Waals surface area contributed by atoms with Crippen LogP contribution in [0.15, 0.2) is 30.7 Å². The molecule has 0 atom stereocenters. The molecule has 3 rings (SSSR count). The van der Waals surface area contributed by atoms with Crippen LogP contribution < -0.4 is 10.0 Å². The van der Waals surface area contributed by atoms with E-state index in [1.54, 1.807) is 24.9 Å². The Labute approximate surface area is 144 Å². The number of hydrogen-bond donors (Lipinski definition) is 2. The van der Waals surface area contributed by atoms with Gasteiger partial charge in [0.1, 0.15) is 18.0 Å². The first-order chi connectivity index (χ1) is 11.8. The van der Waals surface area contributed by atoms with Gasteiger partial charge in [0.05, 0.1) is 16.8 Å². The van der Waals surface area contributed by atoms with E-state index in [0.717, 1.165) is 6.07 Å². The van der Waals surface area contributed by atoms with Crippen molar-refractivity contribution in [2.45, 2.75) is 6.92 Å². The monoisotopic (exact) mass is 364 g/mol. The zero-order valence-electron chi connectivity index (χ0n) is 13.7. The van der Waals surface area contributed by atoms with Crippen LogP contribution >= 0.6 is 0 Å². The van der Waals surface area contributed by atoms with Gasteiger partial charge in [-0.25, -0.2) is 22.8 Å². The molecule has 0 amide bonds.